The Balaban J connectivity index is 2.02. The van der Waals surface area contributed by atoms with Crippen LogP contribution in [-0.2, 0) is 6.42 Å². The molecule has 0 amide bonds. The number of ether oxygens (including phenoxy) is 1. The second kappa shape index (κ2) is 6.92. The lowest BCUT2D eigenvalue weighted by molar-refractivity contribution is 0.102. The Bertz CT molecular complexity index is 390. The van der Waals surface area contributed by atoms with Crippen molar-refractivity contribution < 1.29 is 4.74 Å². The molecule has 1 saturated heterocycles. The molecule has 2 rings (SSSR count). The molecule has 106 valence electrons. The lowest BCUT2D eigenvalue weighted by Crippen LogP contribution is -2.59. The third-order valence-electron chi connectivity index (χ3n) is 3.98. The Labute approximate surface area is 116 Å². The molecule has 1 aromatic rings. The van der Waals surface area contributed by atoms with Gasteiger partial charge in [0.1, 0.15) is 5.75 Å². The van der Waals surface area contributed by atoms with Crippen molar-refractivity contribution >= 4 is 0 Å². The smallest absolute Gasteiger partial charge is 0.122 e. The third kappa shape index (κ3) is 3.48. The van der Waals surface area contributed by atoms with Gasteiger partial charge < -0.3 is 10.1 Å². The van der Waals surface area contributed by atoms with Gasteiger partial charge in [-0.05, 0) is 37.9 Å². The highest BCUT2D eigenvalue weighted by Gasteiger charge is 2.27. The summed E-state index contributed by atoms with van der Waals surface area (Å²) in [6.45, 7) is 8.05. The number of hydrogen-bond donors (Lipinski definition) is 1. The van der Waals surface area contributed by atoms with Gasteiger partial charge in [0.2, 0.25) is 0 Å². The summed E-state index contributed by atoms with van der Waals surface area (Å²) in [5.41, 5.74) is 1.31. The number of hydrogen-bond acceptors (Lipinski definition) is 3. The molecule has 1 fully saturated rings. The lowest BCUT2D eigenvalue weighted by Gasteiger charge is -2.42. The molecule has 0 aliphatic carbocycles. The molecule has 1 heterocycles. The quantitative estimate of drug-likeness (QED) is 0.816. The minimum absolute atomic E-state index is 0.559. The summed E-state index contributed by atoms with van der Waals surface area (Å²) >= 11 is 0. The van der Waals surface area contributed by atoms with E-state index in [-0.39, 0.29) is 0 Å². The summed E-state index contributed by atoms with van der Waals surface area (Å²) in [5.74, 6) is 1.01. The molecule has 0 spiro atoms. The van der Waals surface area contributed by atoms with E-state index in [1.165, 1.54) is 18.5 Å². The highest BCUT2D eigenvalue weighted by atomic mass is 16.5. The van der Waals surface area contributed by atoms with Gasteiger partial charge in [-0.2, -0.15) is 0 Å². The van der Waals surface area contributed by atoms with Crippen molar-refractivity contribution in [2.75, 3.05) is 26.7 Å². The predicted molar refractivity (Wildman–Crippen MR) is 79.8 cm³/mol. The molecular formula is C16H26N2O. The Hall–Kier alpha value is -1.06. The molecule has 1 aliphatic rings. The van der Waals surface area contributed by atoms with Crippen LogP contribution in [-0.4, -0.2) is 43.7 Å². The summed E-state index contributed by atoms with van der Waals surface area (Å²) in [4.78, 5) is 2.64. The van der Waals surface area contributed by atoms with Gasteiger partial charge in [-0.15, -0.1) is 0 Å². The normalized spacial score (nSPS) is 17.3. The van der Waals surface area contributed by atoms with Gasteiger partial charge in [0.05, 0.1) is 7.11 Å². The van der Waals surface area contributed by atoms with E-state index in [9.17, 15) is 0 Å². The first-order chi connectivity index (χ1) is 9.26. The maximum atomic E-state index is 5.46. The SMILES string of the molecule is CCCN(C(C)Cc1ccccc1OC)C1CNC1. The van der Waals surface area contributed by atoms with E-state index < -0.39 is 0 Å². The number of nitrogens with one attached hydrogen (secondary N) is 1. The standard InChI is InChI=1S/C16H26N2O/c1-4-9-18(15-11-17-12-15)13(2)10-14-7-5-6-8-16(14)19-3/h5-8,13,15,17H,4,9-12H2,1-3H3. The maximum Gasteiger partial charge on any atom is 0.122 e. The first-order valence-corrected chi connectivity index (χ1v) is 7.34. The van der Waals surface area contributed by atoms with Gasteiger partial charge in [-0.25, -0.2) is 0 Å². The molecule has 1 aliphatic heterocycles. The molecule has 1 atom stereocenters. The Kier molecular flexibility index (Phi) is 5.23. The van der Waals surface area contributed by atoms with E-state index in [2.05, 4.69) is 42.3 Å². The second-order valence-electron chi connectivity index (χ2n) is 5.41. The molecule has 0 radical (unpaired) electrons. The maximum absolute atomic E-state index is 5.46. The van der Waals surface area contributed by atoms with Crippen LogP contribution in [0.15, 0.2) is 24.3 Å². The van der Waals surface area contributed by atoms with Crippen LogP contribution in [0, 0.1) is 0 Å². The average Bonchev–Trinajstić information content (AvgIpc) is 2.36. The first kappa shape index (κ1) is 14.4. The number of methoxy groups -OCH3 is 1. The lowest BCUT2D eigenvalue weighted by atomic mass is 10.0. The van der Waals surface area contributed by atoms with Crippen molar-refractivity contribution in [3.63, 3.8) is 0 Å². The van der Waals surface area contributed by atoms with Gasteiger partial charge in [0.15, 0.2) is 0 Å². The van der Waals surface area contributed by atoms with E-state index in [1.54, 1.807) is 7.11 Å². The number of benzene rings is 1. The monoisotopic (exact) mass is 262 g/mol. The summed E-state index contributed by atoms with van der Waals surface area (Å²) < 4.78 is 5.46. The highest BCUT2D eigenvalue weighted by molar-refractivity contribution is 5.33. The van der Waals surface area contributed by atoms with Crippen LogP contribution in [0.5, 0.6) is 5.75 Å². The van der Waals surface area contributed by atoms with Crippen molar-refractivity contribution in [3.8, 4) is 5.75 Å². The van der Waals surface area contributed by atoms with Crippen LogP contribution in [0.1, 0.15) is 25.8 Å². The Morgan fingerprint density at radius 3 is 2.68 bits per heavy atom. The van der Waals surface area contributed by atoms with Crippen molar-refractivity contribution in [2.24, 2.45) is 0 Å². The van der Waals surface area contributed by atoms with E-state index in [4.69, 9.17) is 4.74 Å². The molecule has 3 heteroatoms. The number of para-hydroxylation sites is 1. The fourth-order valence-electron chi connectivity index (χ4n) is 2.84. The van der Waals surface area contributed by atoms with Gasteiger partial charge >= 0.3 is 0 Å². The molecule has 0 saturated carbocycles. The van der Waals surface area contributed by atoms with E-state index in [1.807, 2.05) is 6.07 Å². The van der Waals surface area contributed by atoms with Crippen LogP contribution in [0.3, 0.4) is 0 Å². The first-order valence-electron chi connectivity index (χ1n) is 7.34. The summed E-state index contributed by atoms with van der Waals surface area (Å²) in [6, 6.07) is 9.63. The minimum Gasteiger partial charge on any atom is -0.496 e. The predicted octanol–water partition coefficient (Wildman–Crippen LogP) is 2.31. The molecule has 1 aromatic carbocycles. The number of nitrogens with zero attached hydrogens (tertiary/aromatic N) is 1. The highest BCUT2D eigenvalue weighted by Crippen LogP contribution is 2.22. The minimum atomic E-state index is 0.559. The molecule has 0 bridgehead atoms. The van der Waals surface area contributed by atoms with Crippen molar-refractivity contribution in [3.05, 3.63) is 29.8 Å². The molecular weight excluding hydrogens is 236 g/mol. The Morgan fingerprint density at radius 1 is 1.37 bits per heavy atom. The fraction of sp³-hybridized carbons (Fsp3) is 0.625. The van der Waals surface area contributed by atoms with Crippen LogP contribution in [0.25, 0.3) is 0 Å². The zero-order valence-corrected chi connectivity index (χ0v) is 12.4. The molecule has 1 N–H and O–H groups in total. The molecule has 0 aromatic heterocycles. The molecule has 3 nitrogen and oxygen atoms in total. The zero-order chi connectivity index (χ0) is 13.7. The summed E-state index contributed by atoms with van der Waals surface area (Å²) in [6.07, 6.45) is 2.27. The van der Waals surface area contributed by atoms with Crippen molar-refractivity contribution in [1.29, 1.82) is 0 Å². The second-order valence-corrected chi connectivity index (χ2v) is 5.41. The fourth-order valence-corrected chi connectivity index (χ4v) is 2.84. The zero-order valence-electron chi connectivity index (χ0n) is 12.4. The van der Waals surface area contributed by atoms with Gasteiger partial charge in [-0.3, -0.25) is 4.90 Å². The summed E-state index contributed by atoms with van der Waals surface area (Å²) in [7, 11) is 1.75. The van der Waals surface area contributed by atoms with Gasteiger partial charge in [0, 0.05) is 25.2 Å². The van der Waals surface area contributed by atoms with Crippen LogP contribution < -0.4 is 10.1 Å². The Morgan fingerprint density at radius 2 is 2.11 bits per heavy atom. The third-order valence-corrected chi connectivity index (χ3v) is 3.98. The van der Waals surface area contributed by atoms with Crippen LogP contribution in [0.4, 0.5) is 0 Å². The van der Waals surface area contributed by atoms with E-state index in [0.29, 0.717) is 12.1 Å². The van der Waals surface area contributed by atoms with E-state index in [0.717, 1.165) is 25.3 Å². The van der Waals surface area contributed by atoms with Crippen LogP contribution in [0.2, 0.25) is 0 Å². The van der Waals surface area contributed by atoms with Crippen molar-refractivity contribution in [1.82, 2.24) is 10.2 Å². The molecule has 19 heavy (non-hydrogen) atoms. The van der Waals surface area contributed by atoms with Crippen molar-refractivity contribution in [2.45, 2.75) is 38.8 Å². The van der Waals surface area contributed by atoms with E-state index >= 15 is 0 Å². The van der Waals surface area contributed by atoms with Gasteiger partial charge in [0.25, 0.3) is 0 Å². The van der Waals surface area contributed by atoms with Gasteiger partial charge in [-0.1, -0.05) is 25.1 Å². The topological polar surface area (TPSA) is 24.5 Å². The summed E-state index contributed by atoms with van der Waals surface area (Å²) in [5, 5.41) is 3.38. The average molecular weight is 262 g/mol. The number of rotatable bonds is 7. The molecule has 1 unspecified atom stereocenters. The van der Waals surface area contributed by atoms with Crippen LogP contribution >= 0.6 is 0 Å². The largest absolute Gasteiger partial charge is 0.496 e.